The van der Waals surface area contributed by atoms with Crippen LogP contribution in [0.1, 0.15) is 25.8 Å². The maximum atomic E-state index is 11.8. The summed E-state index contributed by atoms with van der Waals surface area (Å²) in [7, 11) is 4.59. The van der Waals surface area contributed by atoms with Gasteiger partial charge in [0.2, 0.25) is 11.6 Å². The molecule has 0 spiro atoms. The minimum Gasteiger partial charge on any atom is -0.493 e. The molecule has 0 radical (unpaired) electrons. The number of fused-ring (bicyclic) bond motifs is 5. The predicted octanol–water partition coefficient (Wildman–Crippen LogP) is 2.25. The summed E-state index contributed by atoms with van der Waals surface area (Å²) in [6, 6.07) is 5.47. The van der Waals surface area contributed by atoms with Crippen molar-refractivity contribution in [2.75, 3.05) is 21.3 Å². The Bertz CT molecular complexity index is 853. The molecule has 2 aliphatic heterocycles. The van der Waals surface area contributed by atoms with Gasteiger partial charge in [0.1, 0.15) is 18.3 Å². The van der Waals surface area contributed by atoms with Crippen molar-refractivity contribution in [3.8, 4) is 11.5 Å². The summed E-state index contributed by atoms with van der Waals surface area (Å²) in [5.74, 6) is -2.27. The van der Waals surface area contributed by atoms with Crippen LogP contribution in [0.3, 0.4) is 0 Å². The molecule has 8 nitrogen and oxygen atoms in total. The lowest BCUT2D eigenvalue weighted by Gasteiger charge is -2.55. The van der Waals surface area contributed by atoms with E-state index in [2.05, 4.69) is 0 Å². The van der Waals surface area contributed by atoms with Crippen molar-refractivity contribution in [2.24, 2.45) is 0 Å². The van der Waals surface area contributed by atoms with Gasteiger partial charge < -0.3 is 33.5 Å². The molecular weight excluding hydrogens is 380 g/mol. The normalized spacial score (nSPS) is 39.8. The zero-order chi connectivity index (χ0) is 21.0. The monoisotopic (exact) mass is 406 g/mol. The molecule has 0 aromatic heterocycles. The van der Waals surface area contributed by atoms with Crippen LogP contribution in [0.25, 0.3) is 0 Å². The zero-order valence-electron chi connectivity index (χ0n) is 17.1. The topological polar surface area (TPSA) is 92.7 Å². The van der Waals surface area contributed by atoms with Crippen LogP contribution in [0.4, 0.5) is 0 Å². The largest absolute Gasteiger partial charge is 0.493 e. The summed E-state index contributed by atoms with van der Waals surface area (Å²) in [5.41, 5.74) is -0.169. The van der Waals surface area contributed by atoms with Crippen LogP contribution < -0.4 is 9.47 Å². The van der Waals surface area contributed by atoms with Crippen molar-refractivity contribution in [1.29, 1.82) is 0 Å². The van der Waals surface area contributed by atoms with Crippen molar-refractivity contribution in [3.05, 3.63) is 35.9 Å². The number of benzene rings is 1. The fourth-order valence-corrected chi connectivity index (χ4v) is 4.58. The smallest absolute Gasteiger partial charge is 0.304 e. The number of para-hydroxylation sites is 1. The van der Waals surface area contributed by atoms with Crippen LogP contribution in [0.5, 0.6) is 11.5 Å². The third kappa shape index (κ3) is 2.70. The van der Waals surface area contributed by atoms with E-state index < -0.39 is 41.3 Å². The first-order chi connectivity index (χ1) is 13.7. The van der Waals surface area contributed by atoms with E-state index in [1.165, 1.54) is 14.2 Å². The molecule has 1 saturated heterocycles. The van der Waals surface area contributed by atoms with Gasteiger partial charge >= 0.3 is 5.97 Å². The minimum atomic E-state index is -1.23. The highest BCUT2D eigenvalue weighted by Gasteiger charge is 2.64. The number of hydrogen-bond acceptors (Lipinski definition) is 7. The van der Waals surface area contributed by atoms with E-state index in [4.69, 9.17) is 28.4 Å². The first kappa shape index (κ1) is 20.2. The molecule has 8 heteroatoms. The Morgan fingerprint density at radius 3 is 2.45 bits per heavy atom. The Morgan fingerprint density at radius 2 is 1.83 bits per heavy atom. The van der Waals surface area contributed by atoms with Gasteiger partial charge in [-0.15, -0.1) is 0 Å². The quantitative estimate of drug-likeness (QED) is 0.745. The highest BCUT2D eigenvalue weighted by Crippen LogP contribution is 2.56. The van der Waals surface area contributed by atoms with Crippen molar-refractivity contribution < 1.29 is 38.3 Å². The number of rotatable bonds is 5. The van der Waals surface area contributed by atoms with E-state index in [0.29, 0.717) is 11.5 Å². The third-order valence-corrected chi connectivity index (χ3v) is 6.43. The van der Waals surface area contributed by atoms with E-state index in [1.807, 2.05) is 24.3 Å². The van der Waals surface area contributed by atoms with Gasteiger partial charge in [0.25, 0.3) is 0 Å². The van der Waals surface area contributed by atoms with Gasteiger partial charge in [-0.05, 0) is 19.9 Å². The van der Waals surface area contributed by atoms with E-state index in [0.717, 1.165) is 5.56 Å². The molecule has 0 saturated carbocycles. The SMILES string of the molecule is COc1cccc2c1O[C@H]1[C@@H]3O[C@@](C)(OC)[C@](C)(OC)O[C@H]3C=C[C@@]21CC(=O)O. The van der Waals surface area contributed by atoms with Crippen LogP contribution in [0, 0.1) is 0 Å². The fourth-order valence-electron chi connectivity index (χ4n) is 4.58. The molecule has 0 bridgehead atoms. The van der Waals surface area contributed by atoms with Crippen LogP contribution in [-0.4, -0.2) is 62.3 Å². The number of carboxylic acid groups (broad SMARTS) is 1. The number of carbonyl (C=O) groups is 1. The summed E-state index contributed by atoms with van der Waals surface area (Å²) in [6.07, 6.45) is 1.75. The first-order valence-electron chi connectivity index (χ1n) is 9.45. The van der Waals surface area contributed by atoms with Gasteiger partial charge in [0.05, 0.1) is 18.9 Å². The molecule has 1 aromatic rings. The van der Waals surface area contributed by atoms with Crippen LogP contribution in [0.15, 0.2) is 30.4 Å². The van der Waals surface area contributed by atoms with Crippen molar-refractivity contribution in [2.45, 2.75) is 55.6 Å². The number of hydrogen-bond donors (Lipinski definition) is 1. The molecule has 0 unspecified atom stereocenters. The summed E-state index contributed by atoms with van der Waals surface area (Å²) in [4.78, 5) is 11.8. The van der Waals surface area contributed by atoms with Crippen LogP contribution in [0.2, 0.25) is 0 Å². The second-order valence-corrected chi connectivity index (χ2v) is 7.81. The Hall–Kier alpha value is -2.13. The molecule has 1 fully saturated rings. The van der Waals surface area contributed by atoms with Gasteiger partial charge in [0, 0.05) is 19.8 Å². The van der Waals surface area contributed by atoms with Crippen molar-refractivity contribution >= 4 is 5.97 Å². The number of methoxy groups -OCH3 is 3. The Kier molecular flexibility index (Phi) is 4.66. The minimum absolute atomic E-state index is 0.161. The number of ether oxygens (including phenoxy) is 6. The average molecular weight is 406 g/mol. The summed E-state index contributed by atoms with van der Waals surface area (Å²) < 4.78 is 35.6. The molecule has 1 N–H and O–H groups in total. The first-order valence-corrected chi connectivity index (χ1v) is 9.45. The van der Waals surface area contributed by atoms with E-state index in [1.54, 1.807) is 27.0 Å². The van der Waals surface area contributed by atoms with Gasteiger partial charge in [-0.25, -0.2) is 0 Å². The molecule has 29 heavy (non-hydrogen) atoms. The maximum absolute atomic E-state index is 11.8. The molecule has 158 valence electrons. The van der Waals surface area contributed by atoms with E-state index >= 15 is 0 Å². The van der Waals surface area contributed by atoms with Crippen LogP contribution >= 0.6 is 0 Å². The molecule has 2 heterocycles. The third-order valence-electron chi connectivity index (χ3n) is 6.43. The predicted molar refractivity (Wildman–Crippen MR) is 101 cm³/mol. The summed E-state index contributed by atoms with van der Waals surface area (Å²) in [6.45, 7) is 3.47. The Morgan fingerprint density at radius 1 is 1.14 bits per heavy atom. The standard InChI is InChI=1S/C21H26O8/c1-19(25-4)20(2,26-5)29-17-14(28-19)9-10-21(11-15(22)23)12-7-6-8-13(24-3)16(12)27-18(17)21/h6-10,14,17-18H,11H2,1-5H3,(H,22,23)/t14-,17+,18-,19+,20+,21+/m0/s1. The molecule has 1 aromatic carbocycles. The summed E-state index contributed by atoms with van der Waals surface area (Å²) >= 11 is 0. The summed E-state index contributed by atoms with van der Waals surface area (Å²) in [5, 5.41) is 9.69. The lowest BCUT2D eigenvalue weighted by atomic mass is 9.68. The fraction of sp³-hybridized carbons (Fsp3) is 0.571. The van der Waals surface area contributed by atoms with Crippen LogP contribution in [-0.2, 0) is 29.2 Å². The average Bonchev–Trinajstić information content (AvgIpc) is 3.03. The lowest BCUT2D eigenvalue weighted by Crippen LogP contribution is -2.69. The van der Waals surface area contributed by atoms with Crippen molar-refractivity contribution in [3.63, 3.8) is 0 Å². The Labute approximate surface area is 169 Å². The molecule has 4 rings (SSSR count). The number of carboxylic acids is 1. The van der Waals surface area contributed by atoms with E-state index in [9.17, 15) is 9.90 Å². The zero-order valence-corrected chi connectivity index (χ0v) is 17.1. The van der Waals surface area contributed by atoms with Gasteiger partial charge in [-0.3, -0.25) is 4.79 Å². The lowest BCUT2D eigenvalue weighted by molar-refractivity contribution is -0.449. The Balaban J connectivity index is 1.83. The van der Waals surface area contributed by atoms with Gasteiger partial charge in [0.15, 0.2) is 11.5 Å². The number of aliphatic carboxylic acids is 1. The highest BCUT2D eigenvalue weighted by molar-refractivity contribution is 5.72. The van der Waals surface area contributed by atoms with Gasteiger partial charge in [-0.2, -0.15) is 0 Å². The second kappa shape index (κ2) is 6.70. The second-order valence-electron chi connectivity index (χ2n) is 7.81. The molecular formula is C21H26O8. The maximum Gasteiger partial charge on any atom is 0.304 e. The molecule has 1 aliphatic carbocycles. The van der Waals surface area contributed by atoms with Crippen molar-refractivity contribution in [1.82, 2.24) is 0 Å². The van der Waals surface area contributed by atoms with E-state index in [-0.39, 0.29) is 6.42 Å². The highest BCUT2D eigenvalue weighted by atomic mass is 16.8. The molecule has 0 amide bonds. The molecule has 3 aliphatic rings. The molecule has 6 atom stereocenters. The van der Waals surface area contributed by atoms with Gasteiger partial charge in [-0.1, -0.05) is 24.3 Å².